The number of halogens is 1. The molecule has 0 bridgehead atoms. The third kappa shape index (κ3) is 4.98. The average molecular weight is 193 g/mol. The molecule has 62 valence electrons. The quantitative estimate of drug-likeness (QED) is 0.492. The Labute approximate surface area is 58.1 Å². The molecule has 0 saturated heterocycles. The summed E-state index contributed by atoms with van der Waals surface area (Å²) in [7, 11) is -4.74. The van der Waals surface area contributed by atoms with Crippen LogP contribution in [0.2, 0.25) is 0 Å². The van der Waals surface area contributed by atoms with Crippen molar-refractivity contribution in [1.29, 1.82) is 0 Å². The van der Waals surface area contributed by atoms with E-state index in [4.69, 9.17) is 4.89 Å². The Morgan fingerprint density at radius 2 is 2.30 bits per heavy atom. The summed E-state index contributed by atoms with van der Waals surface area (Å²) in [6.45, 7) is -1.59. The van der Waals surface area contributed by atoms with Crippen molar-refractivity contribution in [2.45, 2.75) is 0 Å². The molecule has 0 saturated carbocycles. The summed E-state index contributed by atoms with van der Waals surface area (Å²) in [6.07, 6.45) is 0. The molecule has 10 heavy (non-hydrogen) atoms. The first kappa shape index (κ1) is 10.2. The fraction of sp³-hybridized carbons (Fsp3) is 1.00. The summed E-state index contributed by atoms with van der Waals surface area (Å²) in [6, 6.07) is 0. The zero-order valence-electron chi connectivity index (χ0n) is 4.43. The molecule has 2 atom stereocenters. The monoisotopic (exact) mass is 193 g/mol. The van der Waals surface area contributed by atoms with Crippen molar-refractivity contribution in [2.75, 3.05) is 6.86 Å². The Hall–Kier alpha value is 0.150. The van der Waals surface area contributed by atoms with Crippen LogP contribution in [0.4, 0.5) is 4.39 Å². The highest BCUT2D eigenvalue weighted by Gasteiger charge is 2.21. The molecule has 0 aliphatic rings. The number of phosphoric acid groups is 1. The summed E-state index contributed by atoms with van der Waals surface area (Å²) >= 11 is -3.19. The third-order valence-corrected chi connectivity index (χ3v) is 2.03. The highest BCUT2D eigenvalue weighted by molar-refractivity contribution is 7.79. The van der Waals surface area contributed by atoms with Gasteiger partial charge in [0.1, 0.15) is 0 Å². The maximum atomic E-state index is 11.1. The van der Waals surface area contributed by atoms with E-state index in [0.29, 0.717) is 0 Å². The van der Waals surface area contributed by atoms with Crippen LogP contribution in [0.15, 0.2) is 0 Å². The molecule has 2 unspecified atom stereocenters. The van der Waals surface area contributed by atoms with Gasteiger partial charge in [0.2, 0.25) is 0 Å². The normalized spacial score (nSPS) is 19.9. The summed E-state index contributed by atoms with van der Waals surface area (Å²) in [5, 5.41) is 0. The second-order valence-corrected chi connectivity index (χ2v) is 3.19. The van der Waals surface area contributed by atoms with Crippen molar-refractivity contribution in [3.63, 3.8) is 0 Å². The van der Waals surface area contributed by atoms with E-state index in [0.717, 1.165) is 0 Å². The van der Waals surface area contributed by atoms with Gasteiger partial charge in [0.15, 0.2) is 6.86 Å². The van der Waals surface area contributed by atoms with Gasteiger partial charge in [-0.2, -0.15) is 3.97 Å². The van der Waals surface area contributed by atoms with Gasteiger partial charge >= 0.3 is 7.82 Å². The summed E-state index contributed by atoms with van der Waals surface area (Å²) < 4.78 is 46.9. The third-order valence-electron chi connectivity index (χ3n) is 0.367. The molecular formula is CH3FO6PS-. The minimum absolute atomic E-state index is 1.59. The van der Waals surface area contributed by atoms with Crippen molar-refractivity contribution in [2.24, 2.45) is 0 Å². The van der Waals surface area contributed by atoms with Crippen molar-refractivity contribution in [3.8, 4) is 0 Å². The summed E-state index contributed by atoms with van der Waals surface area (Å²) in [5.74, 6) is 0. The predicted octanol–water partition coefficient (Wildman–Crippen LogP) is -0.159. The van der Waals surface area contributed by atoms with Crippen molar-refractivity contribution in [1.82, 2.24) is 0 Å². The van der Waals surface area contributed by atoms with Crippen LogP contribution in [0.3, 0.4) is 0 Å². The Bertz CT molecular complexity index is 169. The first-order chi connectivity index (χ1) is 4.48. The van der Waals surface area contributed by atoms with Crippen LogP contribution in [-0.4, -0.2) is 20.5 Å². The molecule has 0 aromatic heterocycles. The van der Waals surface area contributed by atoms with Crippen LogP contribution in [0.25, 0.3) is 0 Å². The highest BCUT2D eigenvalue weighted by Crippen LogP contribution is 2.43. The van der Waals surface area contributed by atoms with E-state index in [-0.39, 0.29) is 0 Å². The highest BCUT2D eigenvalue weighted by atomic mass is 32.2. The van der Waals surface area contributed by atoms with E-state index >= 15 is 0 Å². The van der Waals surface area contributed by atoms with E-state index in [2.05, 4.69) is 8.49 Å². The van der Waals surface area contributed by atoms with E-state index in [9.17, 15) is 17.7 Å². The van der Waals surface area contributed by atoms with E-state index in [1.54, 1.807) is 0 Å². The van der Waals surface area contributed by atoms with Crippen molar-refractivity contribution >= 4 is 19.2 Å². The fourth-order valence-electron chi connectivity index (χ4n) is 0.160. The van der Waals surface area contributed by atoms with Crippen LogP contribution in [0.1, 0.15) is 0 Å². The molecule has 6 nitrogen and oxygen atoms in total. The molecule has 0 aromatic rings. The average Bonchev–Trinajstić information content (AvgIpc) is 1.59. The number of alkyl halides is 1. The molecule has 0 aliphatic carbocycles. The maximum Gasteiger partial charge on any atom is 0.486 e. The fourth-order valence-corrected chi connectivity index (χ4v) is 1.07. The second-order valence-electron chi connectivity index (χ2n) is 0.985. The molecule has 0 amide bonds. The lowest BCUT2D eigenvalue weighted by atomic mass is 11.6. The van der Waals surface area contributed by atoms with E-state index in [1.807, 2.05) is 0 Å². The van der Waals surface area contributed by atoms with Gasteiger partial charge in [-0.15, -0.1) is 0 Å². The van der Waals surface area contributed by atoms with Gasteiger partial charge in [-0.25, -0.2) is 13.2 Å². The molecule has 0 radical (unpaired) electrons. The Morgan fingerprint density at radius 3 is 2.60 bits per heavy atom. The minimum atomic E-state index is -4.74. The SMILES string of the molecule is O=S([O-])OP(=O)(O)OCF. The van der Waals surface area contributed by atoms with Crippen molar-refractivity contribution in [3.05, 3.63) is 0 Å². The second kappa shape index (κ2) is 4.12. The zero-order chi connectivity index (χ0) is 8.20. The number of hydrogen-bond donors (Lipinski definition) is 1. The lowest BCUT2D eigenvalue weighted by molar-refractivity contribution is 0.136. The van der Waals surface area contributed by atoms with Crippen molar-refractivity contribution < 1.29 is 31.1 Å². The summed E-state index contributed by atoms with van der Waals surface area (Å²) in [4.78, 5) is 8.16. The lowest BCUT2D eigenvalue weighted by Crippen LogP contribution is -1.96. The van der Waals surface area contributed by atoms with Crippen LogP contribution < -0.4 is 0 Å². The largest absolute Gasteiger partial charge is 0.749 e. The Kier molecular flexibility index (Phi) is 4.18. The van der Waals surface area contributed by atoms with E-state index < -0.39 is 26.0 Å². The molecule has 0 rings (SSSR count). The first-order valence-corrected chi connectivity index (χ1v) is 4.30. The van der Waals surface area contributed by atoms with Gasteiger partial charge in [-0.1, -0.05) is 0 Å². The van der Waals surface area contributed by atoms with E-state index in [1.165, 1.54) is 0 Å². The van der Waals surface area contributed by atoms with Gasteiger partial charge in [0, 0.05) is 0 Å². The molecule has 0 aromatic carbocycles. The molecule has 0 heterocycles. The smallest absolute Gasteiger partial charge is 0.486 e. The van der Waals surface area contributed by atoms with Gasteiger partial charge in [0.25, 0.3) is 0 Å². The lowest BCUT2D eigenvalue weighted by Gasteiger charge is -2.09. The first-order valence-electron chi connectivity index (χ1n) is 1.80. The topological polar surface area (TPSA) is 95.9 Å². The number of hydrogen-bond acceptors (Lipinski definition) is 5. The Morgan fingerprint density at radius 1 is 1.80 bits per heavy atom. The predicted molar refractivity (Wildman–Crippen MR) is 26.9 cm³/mol. The molecule has 0 fully saturated rings. The van der Waals surface area contributed by atoms with Gasteiger partial charge in [-0.05, 0) is 0 Å². The molecule has 9 heteroatoms. The molecule has 0 aliphatic heterocycles. The Balaban J connectivity index is 3.87. The maximum absolute atomic E-state index is 11.1. The van der Waals surface area contributed by atoms with Gasteiger partial charge in [0.05, 0.1) is 11.4 Å². The number of phosphoric ester groups is 1. The van der Waals surface area contributed by atoms with Crippen LogP contribution in [0.5, 0.6) is 0 Å². The molecule has 1 N–H and O–H groups in total. The zero-order valence-corrected chi connectivity index (χ0v) is 6.14. The number of rotatable bonds is 4. The molecular weight excluding hydrogens is 190 g/mol. The summed E-state index contributed by atoms with van der Waals surface area (Å²) in [5.41, 5.74) is 0. The van der Waals surface area contributed by atoms with Gasteiger partial charge in [-0.3, -0.25) is 4.52 Å². The van der Waals surface area contributed by atoms with Gasteiger partial charge < -0.3 is 9.45 Å². The standard InChI is InChI=1S/CH4FO6PS/c2-1-7-9(3,4)8-10(5)6/h1H2,(H,3,4)(H,5,6)/p-1. The molecule has 0 spiro atoms. The minimum Gasteiger partial charge on any atom is -0.749 e. The van der Waals surface area contributed by atoms with Crippen LogP contribution in [-0.2, 0) is 24.4 Å². The van der Waals surface area contributed by atoms with Crippen LogP contribution >= 0.6 is 7.82 Å². The van der Waals surface area contributed by atoms with Crippen LogP contribution in [0, 0.1) is 0 Å².